The molecule has 0 unspecified atom stereocenters. The molecule has 3 nitrogen and oxygen atoms in total. The van der Waals surface area contributed by atoms with Crippen molar-refractivity contribution in [3.8, 4) is 0 Å². The average Bonchev–Trinajstić information content (AvgIpc) is 3.06. The van der Waals surface area contributed by atoms with Crippen molar-refractivity contribution in [3.63, 3.8) is 0 Å². The minimum Gasteiger partial charge on any atom is -0.330 e. The molecular weight excluding hydrogens is 214 g/mol. The van der Waals surface area contributed by atoms with Crippen LogP contribution in [0.15, 0.2) is 30.3 Å². The van der Waals surface area contributed by atoms with Gasteiger partial charge in [-0.25, -0.2) is 0 Å². The first-order chi connectivity index (χ1) is 8.26. The van der Waals surface area contributed by atoms with Crippen LogP contribution >= 0.6 is 0 Å². The Hall–Kier alpha value is -0.900. The highest BCUT2D eigenvalue weighted by Crippen LogP contribution is 2.35. The minimum absolute atomic E-state index is 0.302. The van der Waals surface area contributed by atoms with E-state index in [4.69, 9.17) is 9.57 Å². The summed E-state index contributed by atoms with van der Waals surface area (Å²) in [5.41, 5.74) is 0.991. The third-order valence-corrected chi connectivity index (χ3v) is 3.60. The SMILES string of the molecule is C[C@@]1(Cc2ccccc2)OCON1CC1CC1. The molecule has 3 heteroatoms. The lowest BCUT2D eigenvalue weighted by Gasteiger charge is -2.31. The molecule has 1 aromatic rings. The van der Waals surface area contributed by atoms with Gasteiger partial charge in [0.2, 0.25) is 0 Å². The summed E-state index contributed by atoms with van der Waals surface area (Å²) in [5, 5.41) is 2.04. The van der Waals surface area contributed by atoms with Crippen LogP contribution in [0.1, 0.15) is 25.3 Å². The summed E-state index contributed by atoms with van der Waals surface area (Å²) in [6.45, 7) is 3.51. The van der Waals surface area contributed by atoms with Crippen molar-refractivity contribution in [1.82, 2.24) is 5.06 Å². The summed E-state index contributed by atoms with van der Waals surface area (Å²) in [6.07, 6.45) is 3.54. The maximum absolute atomic E-state index is 5.79. The first-order valence-corrected chi connectivity index (χ1v) is 6.35. The van der Waals surface area contributed by atoms with Crippen molar-refractivity contribution in [2.75, 3.05) is 13.3 Å². The van der Waals surface area contributed by atoms with Gasteiger partial charge in [-0.15, -0.1) is 0 Å². The predicted octanol–water partition coefficient (Wildman–Crippen LogP) is 2.58. The van der Waals surface area contributed by atoms with Crippen molar-refractivity contribution in [2.24, 2.45) is 5.92 Å². The van der Waals surface area contributed by atoms with E-state index in [0.717, 1.165) is 18.9 Å². The second-order valence-corrected chi connectivity index (χ2v) is 5.23. The number of hydroxylamine groups is 2. The van der Waals surface area contributed by atoms with Gasteiger partial charge in [0, 0.05) is 13.0 Å². The highest BCUT2D eigenvalue weighted by molar-refractivity contribution is 5.16. The smallest absolute Gasteiger partial charge is 0.169 e. The fourth-order valence-electron chi connectivity index (χ4n) is 2.32. The van der Waals surface area contributed by atoms with Crippen LogP contribution in [0.5, 0.6) is 0 Å². The molecule has 1 aliphatic heterocycles. The molecular formula is C14H19NO2. The van der Waals surface area contributed by atoms with Crippen LogP contribution in [0, 0.1) is 5.92 Å². The predicted molar refractivity (Wildman–Crippen MR) is 65.0 cm³/mol. The molecule has 17 heavy (non-hydrogen) atoms. The van der Waals surface area contributed by atoms with Gasteiger partial charge in [0.05, 0.1) is 0 Å². The van der Waals surface area contributed by atoms with Gasteiger partial charge in [-0.05, 0) is 31.2 Å². The Morgan fingerprint density at radius 1 is 1.29 bits per heavy atom. The van der Waals surface area contributed by atoms with E-state index in [2.05, 4.69) is 31.2 Å². The minimum atomic E-state index is -0.302. The highest BCUT2D eigenvalue weighted by Gasteiger charge is 2.42. The fourth-order valence-corrected chi connectivity index (χ4v) is 2.32. The van der Waals surface area contributed by atoms with Crippen molar-refractivity contribution in [2.45, 2.75) is 31.9 Å². The van der Waals surface area contributed by atoms with Crippen molar-refractivity contribution < 1.29 is 9.57 Å². The number of rotatable bonds is 4. The summed E-state index contributed by atoms with van der Waals surface area (Å²) >= 11 is 0. The zero-order valence-electron chi connectivity index (χ0n) is 10.3. The van der Waals surface area contributed by atoms with Gasteiger partial charge in [-0.3, -0.25) is 4.84 Å². The summed E-state index contributed by atoms with van der Waals surface area (Å²) in [5.74, 6) is 0.812. The molecule has 0 aromatic heterocycles. The van der Waals surface area contributed by atoms with E-state index in [0.29, 0.717) is 6.79 Å². The molecule has 3 rings (SSSR count). The van der Waals surface area contributed by atoms with Crippen LogP contribution in [0.3, 0.4) is 0 Å². The van der Waals surface area contributed by atoms with Crippen molar-refractivity contribution in [1.29, 1.82) is 0 Å². The van der Waals surface area contributed by atoms with Gasteiger partial charge >= 0.3 is 0 Å². The number of hydrogen-bond acceptors (Lipinski definition) is 3. The van der Waals surface area contributed by atoms with E-state index in [9.17, 15) is 0 Å². The van der Waals surface area contributed by atoms with E-state index < -0.39 is 0 Å². The third-order valence-electron chi connectivity index (χ3n) is 3.60. The molecule has 2 fully saturated rings. The quantitative estimate of drug-likeness (QED) is 0.798. The lowest BCUT2D eigenvalue weighted by Crippen LogP contribution is -2.44. The molecule has 0 bridgehead atoms. The Bertz CT molecular complexity index is 377. The van der Waals surface area contributed by atoms with Gasteiger partial charge in [-0.1, -0.05) is 30.3 Å². The van der Waals surface area contributed by atoms with E-state index in [-0.39, 0.29) is 5.72 Å². The average molecular weight is 233 g/mol. The van der Waals surface area contributed by atoms with Crippen LogP contribution in [0.2, 0.25) is 0 Å². The first-order valence-electron chi connectivity index (χ1n) is 6.35. The normalized spacial score (nSPS) is 29.7. The summed E-state index contributed by atoms with van der Waals surface area (Å²) in [4.78, 5) is 5.60. The Balaban J connectivity index is 1.70. The highest BCUT2D eigenvalue weighted by atomic mass is 16.9. The Morgan fingerprint density at radius 3 is 2.76 bits per heavy atom. The van der Waals surface area contributed by atoms with E-state index in [1.54, 1.807) is 0 Å². The fraction of sp³-hybridized carbons (Fsp3) is 0.571. The molecule has 1 saturated heterocycles. The van der Waals surface area contributed by atoms with Crippen LogP contribution in [0.25, 0.3) is 0 Å². The van der Waals surface area contributed by atoms with Crippen LogP contribution < -0.4 is 0 Å². The van der Waals surface area contributed by atoms with Crippen LogP contribution in [-0.4, -0.2) is 24.1 Å². The Kier molecular flexibility index (Phi) is 2.90. The maximum atomic E-state index is 5.79. The molecule has 0 N–H and O–H groups in total. The van der Waals surface area contributed by atoms with Gasteiger partial charge < -0.3 is 4.74 Å². The molecule has 1 atom stereocenters. The molecule has 0 spiro atoms. The molecule has 0 amide bonds. The number of ether oxygens (including phenoxy) is 1. The molecule has 92 valence electrons. The lowest BCUT2D eigenvalue weighted by atomic mass is 10.0. The van der Waals surface area contributed by atoms with Gasteiger partial charge in [0.15, 0.2) is 6.79 Å². The van der Waals surface area contributed by atoms with E-state index in [1.165, 1.54) is 18.4 Å². The van der Waals surface area contributed by atoms with Gasteiger partial charge in [-0.2, -0.15) is 5.06 Å². The monoisotopic (exact) mass is 233 g/mol. The third kappa shape index (κ3) is 2.51. The number of nitrogens with zero attached hydrogens (tertiary/aromatic N) is 1. The Morgan fingerprint density at radius 2 is 2.06 bits per heavy atom. The number of hydrogen-bond donors (Lipinski definition) is 0. The van der Waals surface area contributed by atoms with E-state index in [1.807, 2.05) is 11.1 Å². The largest absolute Gasteiger partial charge is 0.330 e. The number of benzene rings is 1. The van der Waals surface area contributed by atoms with Crippen LogP contribution in [0.4, 0.5) is 0 Å². The first kappa shape index (κ1) is 11.2. The van der Waals surface area contributed by atoms with Crippen LogP contribution in [-0.2, 0) is 16.0 Å². The van der Waals surface area contributed by atoms with Gasteiger partial charge in [0.1, 0.15) is 5.72 Å². The lowest BCUT2D eigenvalue weighted by molar-refractivity contribution is -0.171. The zero-order chi connectivity index (χ0) is 11.7. The van der Waals surface area contributed by atoms with E-state index >= 15 is 0 Å². The Labute approximate surface area is 102 Å². The molecule has 0 radical (unpaired) electrons. The zero-order valence-corrected chi connectivity index (χ0v) is 10.3. The topological polar surface area (TPSA) is 21.7 Å². The van der Waals surface area contributed by atoms with Crippen molar-refractivity contribution in [3.05, 3.63) is 35.9 Å². The van der Waals surface area contributed by atoms with Crippen molar-refractivity contribution >= 4 is 0 Å². The standard InChI is InChI=1S/C14H19NO2/c1-14(9-12-5-3-2-4-6-12)15(17-11-16-14)10-13-7-8-13/h2-6,13H,7-11H2,1H3/t14-/m0/s1. The molecule has 1 heterocycles. The van der Waals surface area contributed by atoms with Gasteiger partial charge in [0.25, 0.3) is 0 Å². The molecule has 1 aromatic carbocycles. The summed E-state index contributed by atoms with van der Waals surface area (Å²) < 4.78 is 5.79. The molecule has 2 aliphatic rings. The second kappa shape index (κ2) is 4.41. The maximum Gasteiger partial charge on any atom is 0.169 e. The summed E-state index contributed by atoms with van der Waals surface area (Å²) in [6, 6.07) is 10.5. The summed E-state index contributed by atoms with van der Waals surface area (Å²) in [7, 11) is 0. The second-order valence-electron chi connectivity index (χ2n) is 5.23. The molecule has 1 aliphatic carbocycles. The molecule has 1 saturated carbocycles.